The number of hydrogen-bond acceptors (Lipinski definition) is 4. The van der Waals surface area contributed by atoms with Crippen LogP contribution in [0.4, 0.5) is 0 Å². The SMILES string of the molecule is O=C(CC12C[C@@H]3C[C@@H](CC(O)(C3)C1)C2)NNC(=O)c1ccccn1. The van der Waals surface area contributed by atoms with E-state index in [0.29, 0.717) is 24.7 Å². The number of rotatable bonds is 3. The molecule has 0 aromatic carbocycles. The van der Waals surface area contributed by atoms with E-state index in [9.17, 15) is 14.7 Å². The van der Waals surface area contributed by atoms with Gasteiger partial charge in [0.2, 0.25) is 5.91 Å². The Balaban J connectivity index is 1.36. The van der Waals surface area contributed by atoms with Crippen molar-refractivity contribution in [3.63, 3.8) is 0 Å². The summed E-state index contributed by atoms with van der Waals surface area (Å²) in [6.45, 7) is 0. The van der Waals surface area contributed by atoms with Crippen LogP contribution in [0, 0.1) is 17.3 Å². The van der Waals surface area contributed by atoms with Crippen LogP contribution < -0.4 is 10.9 Å². The van der Waals surface area contributed by atoms with Gasteiger partial charge in [-0.1, -0.05) is 6.07 Å². The van der Waals surface area contributed by atoms with Crippen molar-refractivity contribution in [3.05, 3.63) is 30.1 Å². The second-order valence-electron chi connectivity index (χ2n) is 8.08. The Hall–Kier alpha value is -1.95. The highest BCUT2D eigenvalue weighted by atomic mass is 16.3. The molecule has 4 aliphatic rings. The summed E-state index contributed by atoms with van der Waals surface area (Å²) < 4.78 is 0. The van der Waals surface area contributed by atoms with Crippen molar-refractivity contribution < 1.29 is 14.7 Å². The highest BCUT2D eigenvalue weighted by Crippen LogP contribution is 2.62. The molecule has 4 bridgehead atoms. The average molecular weight is 329 g/mol. The number of aliphatic hydroxyl groups is 1. The Kier molecular flexibility index (Phi) is 3.60. The van der Waals surface area contributed by atoms with Crippen LogP contribution in [0.1, 0.15) is 55.4 Å². The van der Waals surface area contributed by atoms with Crippen molar-refractivity contribution in [2.75, 3.05) is 0 Å². The molecule has 0 saturated heterocycles. The molecule has 24 heavy (non-hydrogen) atoms. The van der Waals surface area contributed by atoms with Crippen molar-refractivity contribution in [1.29, 1.82) is 0 Å². The number of nitrogens with zero attached hydrogens (tertiary/aromatic N) is 1. The third kappa shape index (κ3) is 2.90. The number of nitrogens with one attached hydrogen (secondary N) is 2. The molecule has 5 rings (SSSR count). The van der Waals surface area contributed by atoms with E-state index in [4.69, 9.17) is 0 Å². The van der Waals surface area contributed by atoms with Crippen LogP contribution >= 0.6 is 0 Å². The lowest BCUT2D eigenvalue weighted by Crippen LogP contribution is -2.57. The van der Waals surface area contributed by atoms with E-state index < -0.39 is 11.5 Å². The lowest BCUT2D eigenvalue weighted by atomic mass is 9.47. The van der Waals surface area contributed by atoms with Gasteiger partial charge in [-0.2, -0.15) is 0 Å². The molecular formula is C18H23N3O3. The molecule has 4 saturated carbocycles. The van der Waals surface area contributed by atoms with Gasteiger partial charge in [0, 0.05) is 12.6 Å². The molecule has 0 spiro atoms. The Bertz CT molecular complexity index is 647. The summed E-state index contributed by atoms with van der Waals surface area (Å²) >= 11 is 0. The molecule has 0 radical (unpaired) electrons. The van der Waals surface area contributed by atoms with Gasteiger partial charge in [0.1, 0.15) is 5.69 Å². The fraction of sp³-hybridized carbons (Fsp3) is 0.611. The first-order chi connectivity index (χ1) is 11.5. The third-order valence-corrected chi connectivity index (χ3v) is 5.90. The summed E-state index contributed by atoms with van der Waals surface area (Å²) in [5, 5.41) is 10.7. The first-order valence-corrected chi connectivity index (χ1v) is 8.68. The minimum atomic E-state index is -0.568. The van der Waals surface area contributed by atoms with E-state index in [1.807, 2.05) is 0 Å². The molecule has 4 fully saturated rings. The van der Waals surface area contributed by atoms with Crippen LogP contribution in [0.2, 0.25) is 0 Å². The number of aromatic nitrogens is 1. The molecule has 4 atom stereocenters. The largest absolute Gasteiger partial charge is 0.390 e. The summed E-state index contributed by atoms with van der Waals surface area (Å²) in [6.07, 6.45) is 7.64. The van der Waals surface area contributed by atoms with Gasteiger partial charge in [-0.3, -0.25) is 25.4 Å². The molecule has 6 nitrogen and oxygen atoms in total. The number of carbonyl (C=O) groups is 2. The normalized spacial score (nSPS) is 36.4. The Morgan fingerprint density at radius 3 is 2.54 bits per heavy atom. The summed E-state index contributed by atoms with van der Waals surface area (Å²) in [7, 11) is 0. The Morgan fingerprint density at radius 1 is 1.17 bits per heavy atom. The maximum absolute atomic E-state index is 12.3. The molecule has 1 aromatic rings. The quantitative estimate of drug-likeness (QED) is 0.734. The molecule has 4 aliphatic carbocycles. The monoisotopic (exact) mass is 329 g/mol. The number of hydrazine groups is 1. The standard InChI is InChI=1S/C18H23N3O3/c22-15(20-21-16(23)14-3-1-2-4-19-14)10-17-6-12-5-13(7-17)9-18(24,8-12)11-17/h1-4,12-13,24H,5-11H2,(H,20,22)(H,21,23)/t12-,13+,17?,18?. The van der Waals surface area contributed by atoms with Crippen molar-refractivity contribution in [1.82, 2.24) is 15.8 Å². The van der Waals surface area contributed by atoms with Crippen LogP contribution in [-0.2, 0) is 4.79 Å². The van der Waals surface area contributed by atoms with Gasteiger partial charge >= 0.3 is 0 Å². The van der Waals surface area contributed by atoms with Gasteiger partial charge in [-0.15, -0.1) is 0 Å². The highest BCUT2D eigenvalue weighted by Gasteiger charge is 2.57. The summed E-state index contributed by atoms with van der Waals surface area (Å²) in [4.78, 5) is 28.2. The molecular weight excluding hydrogens is 306 g/mol. The number of hydrogen-bond donors (Lipinski definition) is 3. The fourth-order valence-electron chi connectivity index (χ4n) is 5.68. The van der Waals surface area contributed by atoms with E-state index >= 15 is 0 Å². The van der Waals surface area contributed by atoms with Gasteiger partial charge in [0.15, 0.2) is 0 Å². The van der Waals surface area contributed by atoms with Crippen LogP contribution in [0.15, 0.2) is 24.4 Å². The maximum atomic E-state index is 12.3. The fourth-order valence-corrected chi connectivity index (χ4v) is 5.68. The zero-order chi connectivity index (χ0) is 16.8. The molecule has 0 aliphatic heterocycles. The molecule has 1 heterocycles. The van der Waals surface area contributed by atoms with Gasteiger partial charge in [-0.25, -0.2) is 0 Å². The second kappa shape index (κ2) is 5.55. The van der Waals surface area contributed by atoms with Crippen LogP contribution in [0.25, 0.3) is 0 Å². The second-order valence-corrected chi connectivity index (χ2v) is 8.08. The molecule has 3 N–H and O–H groups in total. The summed E-state index contributed by atoms with van der Waals surface area (Å²) in [5.74, 6) is 0.484. The summed E-state index contributed by atoms with van der Waals surface area (Å²) in [5.41, 5.74) is 4.53. The Labute approximate surface area is 141 Å². The van der Waals surface area contributed by atoms with Crippen LogP contribution in [-0.4, -0.2) is 27.5 Å². The third-order valence-electron chi connectivity index (χ3n) is 5.90. The van der Waals surface area contributed by atoms with Gasteiger partial charge in [0.25, 0.3) is 5.91 Å². The van der Waals surface area contributed by atoms with E-state index in [1.165, 1.54) is 12.6 Å². The minimum Gasteiger partial charge on any atom is -0.390 e. The number of carbonyl (C=O) groups excluding carboxylic acids is 2. The number of amides is 2. The average Bonchev–Trinajstić information content (AvgIpc) is 2.50. The van der Waals surface area contributed by atoms with E-state index in [0.717, 1.165) is 25.7 Å². The van der Waals surface area contributed by atoms with Crippen LogP contribution in [0.5, 0.6) is 0 Å². The first kappa shape index (κ1) is 15.6. The maximum Gasteiger partial charge on any atom is 0.288 e. The smallest absolute Gasteiger partial charge is 0.288 e. The Morgan fingerprint density at radius 2 is 1.92 bits per heavy atom. The molecule has 1 aromatic heterocycles. The van der Waals surface area contributed by atoms with Crippen molar-refractivity contribution >= 4 is 11.8 Å². The predicted octanol–water partition coefficient (Wildman–Crippen LogP) is 1.56. The first-order valence-electron chi connectivity index (χ1n) is 8.68. The summed E-state index contributed by atoms with van der Waals surface area (Å²) in [6, 6.07) is 5.04. The lowest BCUT2D eigenvalue weighted by molar-refractivity contribution is -0.169. The van der Waals surface area contributed by atoms with E-state index in [1.54, 1.807) is 18.2 Å². The minimum absolute atomic E-state index is 0.0986. The molecule has 2 unspecified atom stereocenters. The molecule has 2 amide bonds. The van der Waals surface area contributed by atoms with Crippen molar-refractivity contribution in [2.45, 2.75) is 50.5 Å². The number of pyridine rings is 1. The van der Waals surface area contributed by atoms with Crippen LogP contribution in [0.3, 0.4) is 0 Å². The topological polar surface area (TPSA) is 91.3 Å². The van der Waals surface area contributed by atoms with E-state index in [2.05, 4.69) is 15.8 Å². The predicted molar refractivity (Wildman–Crippen MR) is 86.5 cm³/mol. The van der Waals surface area contributed by atoms with Gasteiger partial charge in [0.05, 0.1) is 5.60 Å². The van der Waals surface area contributed by atoms with Crippen molar-refractivity contribution in [2.24, 2.45) is 17.3 Å². The van der Waals surface area contributed by atoms with Crippen molar-refractivity contribution in [3.8, 4) is 0 Å². The lowest BCUT2D eigenvalue weighted by Gasteiger charge is -2.60. The zero-order valence-corrected chi connectivity index (χ0v) is 13.6. The molecule has 128 valence electrons. The zero-order valence-electron chi connectivity index (χ0n) is 13.6. The van der Waals surface area contributed by atoms with Gasteiger partial charge in [-0.05, 0) is 67.9 Å². The highest BCUT2D eigenvalue weighted by molar-refractivity contribution is 5.93. The molecule has 6 heteroatoms. The van der Waals surface area contributed by atoms with Gasteiger partial charge < -0.3 is 5.11 Å². The van der Waals surface area contributed by atoms with E-state index in [-0.39, 0.29) is 17.0 Å².